The van der Waals surface area contributed by atoms with Crippen molar-refractivity contribution in [1.82, 2.24) is 19.9 Å². The number of amides is 1. The van der Waals surface area contributed by atoms with E-state index in [1.165, 1.54) is 25.4 Å². The van der Waals surface area contributed by atoms with Crippen LogP contribution in [0.4, 0.5) is 20.3 Å². The zero-order valence-electron chi connectivity index (χ0n) is 22.7. The van der Waals surface area contributed by atoms with Gasteiger partial charge in [0.2, 0.25) is 5.91 Å². The molecule has 5 rings (SSSR count). The molecule has 0 atom stereocenters. The number of benzene rings is 2. The number of aryl methyl sites for hydroxylation is 1. The number of hydrogen-bond donors (Lipinski definition) is 1. The second-order valence-electron chi connectivity index (χ2n) is 9.72. The summed E-state index contributed by atoms with van der Waals surface area (Å²) in [5.41, 5.74) is 2.49. The number of rotatable bonds is 7. The largest absolute Gasteiger partial charge is 0.352 e. The van der Waals surface area contributed by atoms with Crippen LogP contribution < -0.4 is 9.62 Å². The number of nitrogens with one attached hydrogen (secondary N) is 1. The van der Waals surface area contributed by atoms with Gasteiger partial charge < -0.3 is 9.80 Å². The molecule has 0 unspecified atom stereocenters. The molecule has 1 amide bonds. The lowest BCUT2D eigenvalue weighted by atomic mass is 10.0. The molecular formula is C29H26F2N6O4S. The second kappa shape index (κ2) is 11.6. The Balaban J connectivity index is 1.42. The van der Waals surface area contributed by atoms with Crippen molar-refractivity contribution in [3.63, 3.8) is 0 Å². The van der Waals surface area contributed by atoms with E-state index in [1.54, 1.807) is 24.1 Å². The molecule has 10 nitrogen and oxygen atoms in total. The SMILES string of the molecule is CC(=O)/C=C/C(=O)N1CCN(c2ncnc3ccc(-c4cnc(C)c(NS(=O)(=O)c5ccc(F)cc5F)c4)cc23)CC1. The van der Waals surface area contributed by atoms with Crippen molar-refractivity contribution in [1.29, 1.82) is 0 Å². The second-order valence-corrected chi connectivity index (χ2v) is 11.4. The molecule has 4 aromatic rings. The van der Waals surface area contributed by atoms with Gasteiger partial charge in [0.15, 0.2) is 5.78 Å². The Kier molecular flexibility index (Phi) is 7.94. The van der Waals surface area contributed by atoms with E-state index in [9.17, 15) is 26.8 Å². The summed E-state index contributed by atoms with van der Waals surface area (Å²) in [5.74, 6) is -1.83. The van der Waals surface area contributed by atoms with E-state index in [-0.39, 0.29) is 17.4 Å². The van der Waals surface area contributed by atoms with Crippen molar-refractivity contribution in [3.05, 3.63) is 84.5 Å². The van der Waals surface area contributed by atoms with Gasteiger partial charge in [-0.3, -0.25) is 19.3 Å². The Morgan fingerprint density at radius 1 is 0.929 bits per heavy atom. The highest BCUT2D eigenvalue weighted by Crippen LogP contribution is 2.31. The molecule has 42 heavy (non-hydrogen) atoms. The highest BCUT2D eigenvalue weighted by atomic mass is 32.2. The lowest BCUT2D eigenvalue weighted by Gasteiger charge is -2.35. The van der Waals surface area contributed by atoms with E-state index in [4.69, 9.17) is 0 Å². The predicted octanol–water partition coefficient (Wildman–Crippen LogP) is 3.87. The van der Waals surface area contributed by atoms with Crippen LogP contribution in [0.1, 0.15) is 12.6 Å². The lowest BCUT2D eigenvalue weighted by Crippen LogP contribution is -2.48. The van der Waals surface area contributed by atoms with Crippen molar-refractivity contribution < 1.29 is 26.8 Å². The van der Waals surface area contributed by atoms with Gasteiger partial charge in [0.25, 0.3) is 10.0 Å². The zero-order valence-corrected chi connectivity index (χ0v) is 23.5. The van der Waals surface area contributed by atoms with Gasteiger partial charge in [-0.25, -0.2) is 27.2 Å². The molecule has 2 aromatic carbocycles. The fourth-order valence-electron chi connectivity index (χ4n) is 4.59. The number of carbonyl (C=O) groups is 2. The number of nitrogens with zero attached hydrogens (tertiary/aromatic N) is 5. The number of halogens is 2. The van der Waals surface area contributed by atoms with Gasteiger partial charge >= 0.3 is 0 Å². The monoisotopic (exact) mass is 592 g/mol. The maximum Gasteiger partial charge on any atom is 0.264 e. The Labute approximate surface area is 240 Å². The predicted molar refractivity (Wildman–Crippen MR) is 153 cm³/mol. The first-order valence-corrected chi connectivity index (χ1v) is 14.4. The molecule has 1 aliphatic rings. The third-order valence-corrected chi connectivity index (χ3v) is 8.21. The van der Waals surface area contributed by atoms with Gasteiger partial charge in [-0.1, -0.05) is 6.07 Å². The summed E-state index contributed by atoms with van der Waals surface area (Å²) in [5, 5.41) is 0.752. The first-order chi connectivity index (χ1) is 20.0. The molecule has 1 saturated heterocycles. The van der Waals surface area contributed by atoms with E-state index in [1.807, 2.05) is 18.2 Å². The van der Waals surface area contributed by atoms with Gasteiger partial charge in [0.05, 0.1) is 16.9 Å². The number of sulfonamides is 1. The minimum Gasteiger partial charge on any atom is -0.352 e. The Morgan fingerprint density at radius 2 is 1.69 bits per heavy atom. The van der Waals surface area contributed by atoms with Crippen LogP contribution in [0.2, 0.25) is 0 Å². The molecule has 1 N–H and O–H groups in total. The molecule has 0 aliphatic carbocycles. The molecule has 0 bridgehead atoms. The quantitative estimate of drug-likeness (QED) is 0.321. The van der Waals surface area contributed by atoms with Crippen LogP contribution in [0.15, 0.2) is 72.0 Å². The first-order valence-electron chi connectivity index (χ1n) is 12.9. The maximum atomic E-state index is 14.2. The van der Waals surface area contributed by atoms with Gasteiger partial charge in [-0.15, -0.1) is 0 Å². The number of carbonyl (C=O) groups excluding carboxylic acids is 2. The fourth-order valence-corrected chi connectivity index (χ4v) is 5.76. The standard InChI is InChI=1S/C29H26F2N6O4S/c1-18(38)3-8-28(39)36-9-11-37(12-10-36)29-23-13-20(4-6-25(23)33-17-34-29)21-14-26(19(2)32-16-21)35-42(40,41)27-7-5-22(30)15-24(27)31/h3-8,13-17,35H,9-12H2,1-2H3/b8-3+. The Morgan fingerprint density at radius 3 is 2.40 bits per heavy atom. The highest BCUT2D eigenvalue weighted by molar-refractivity contribution is 7.92. The smallest absolute Gasteiger partial charge is 0.264 e. The molecule has 216 valence electrons. The van der Waals surface area contributed by atoms with E-state index in [0.29, 0.717) is 60.4 Å². The van der Waals surface area contributed by atoms with E-state index in [2.05, 4.69) is 24.6 Å². The number of ketones is 1. The van der Waals surface area contributed by atoms with Gasteiger partial charge in [-0.2, -0.15) is 0 Å². The number of piperazine rings is 1. The van der Waals surface area contributed by atoms with E-state index >= 15 is 0 Å². The molecule has 3 heterocycles. The van der Waals surface area contributed by atoms with Crippen LogP contribution in [-0.2, 0) is 19.6 Å². The summed E-state index contributed by atoms with van der Waals surface area (Å²) < 4.78 is 55.7. The molecule has 0 radical (unpaired) electrons. The van der Waals surface area contributed by atoms with Crippen LogP contribution in [0.25, 0.3) is 22.0 Å². The van der Waals surface area contributed by atoms with Crippen molar-refractivity contribution >= 4 is 44.1 Å². The lowest BCUT2D eigenvalue weighted by molar-refractivity contribution is -0.126. The number of anilines is 2. The number of aromatic nitrogens is 3. The molecule has 1 aliphatic heterocycles. The number of hydrogen-bond acceptors (Lipinski definition) is 8. The molecule has 1 fully saturated rings. The van der Waals surface area contributed by atoms with E-state index < -0.39 is 26.6 Å². The van der Waals surface area contributed by atoms with E-state index in [0.717, 1.165) is 17.5 Å². The fraction of sp³-hybridized carbons (Fsp3) is 0.207. The highest BCUT2D eigenvalue weighted by Gasteiger charge is 2.23. The molecular weight excluding hydrogens is 566 g/mol. The first kappa shape index (κ1) is 28.7. The summed E-state index contributed by atoms with van der Waals surface area (Å²) in [6.07, 6.45) is 5.60. The summed E-state index contributed by atoms with van der Waals surface area (Å²) >= 11 is 0. The number of allylic oxidation sites excluding steroid dienone is 1. The van der Waals surface area contributed by atoms with Crippen LogP contribution in [-0.4, -0.2) is 66.1 Å². The van der Waals surface area contributed by atoms with Crippen molar-refractivity contribution in [2.24, 2.45) is 0 Å². The van der Waals surface area contributed by atoms with Gasteiger partial charge in [0.1, 0.15) is 28.7 Å². The van der Waals surface area contributed by atoms with Gasteiger partial charge in [0, 0.05) is 55.5 Å². The van der Waals surface area contributed by atoms with Crippen molar-refractivity contribution in [2.75, 3.05) is 35.8 Å². The summed E-state index contributed by atoms with van der Waals surface area (Å²) in [6, 6.07) is 9.35. The minimum absolute atomic E-state index is 0.139. The normalized spacial score (nSPS) is 14.0. The zero-order chi connectivity index (χ0) is 30.0. The third kappa shape index (κ3) is 6.10. The van der Waals surface area contributed by atoms with Crippen LogP contribution >= 0.6 is 0 Å². The molecule has 0 spiro atoms. The minimum atomic E-state index is -4.36. The Hall–Kier alpha value is -4.78. The summed E-state index contributed by atoms with van der Waals surface area (Å²) in [7, 11) is -4.36. The van der Waals surface area contributed by atoms with Gasteiger partial charge in [-0.05, 0) is 55.8 Å². The summed E-state index contributed by atoms with van der Waals surface area (Å²) in [4.78, 5) is 39.8. The number of pyridine rings is 1. The van der Waals surface area contributed by atoms with Crippen LogP contribution in [0, 0.1) is 18.6 Å². The van der Waals surface area contributed by atoms with Crippen molar-refractivity contribution in [2.45, 2.75) is 18.7 Å². The molecule has 2 aromatic heterocycles. The third-order valence-electron chi connectivity index (χ3n) is 6.81. The van der Waals surface area contributed by atoms with Crippen LogP contribution in [0.3, 0.4) is 0 Å². The average molecular weight is 593 g/mol. The average Bonchev–Trinajstić information content (AvgIpc) is 2.96. The molecule has 0 saturated carbocycles. The molecule has 13 heteroatoms. The topological polar surface area (TPSA) is 125 Å². The maximum absolute atomic E-state index is 14.2. The van der Waals surface area contributed by atoms with Crippen molar-refractivity contribution in [3.8, 4) is 11.1 Å². The van der Waals surface area contributed by atoms with Crippen LogP contribution in [0.5, 0.6) is 0 Å². The summed E-state index contributed by atoms with van der Waals surface area (Å²) in [6.45, 7) is 4.94. The number of fused-ring (bicyclic) bond motifs is 1. The Bertz CT molecular complexity index is 1840.